The molecule has 100 valence electrons. The average molecular weight is 264 g/mol. The first kappa shape index (κ1) is 13.4. The molecule has 0 atom stereocenters. The second-order valence-corrected chi connectivity index (χ2v) is 4.31. The van der Waals surface area contributed by atoms with Crippen molar-refractivity contribution in [1.29, 1.82) is 0 Å². The van der Waals surface area contributed by atoms with Gasteiger partial charge in [0.1, 0.15) is 23.3 Å². The molecule has 6 heteroatoms. The van der Waals surface area contributed by atoms with Gasteiger partial charge in [-0.15, -0.1) is 0 Å². The minimum Gasteiger partial charge on any atom is -0.384 e. The van der Waals surface area contributed by atoms with Gasteiger partial charge in [-0.2, -0.15) is 0 Å². The SMILES string of the molecule is CN(Cc1nccc(N)n1)Cc1cc(F)ccc1F. The van der Waals surface area contributed by atoms with Crippen LogP contribution in [0.1, 0.15) is 11.4 Å². The Balaban J connectivity index is 2.05. The van der Waals surface area contributed by atoms with Crippen molar-refractivity contribution in [3.8, 4) is 0 Å². The van der Waals surface area contributed by atoms with Gasteiger partial charge in [0.05, 0.1) is 6.54 Å². The third kappa shape index (κ3) is 3.69. The zero-order valence-electron chi connectivity index (χ0n) is 10.5. The largest absolute Gasteiger partial charge is 0.384 e. The fraction of sp³-hybridized carbons (Fsp3) is 0.231. The molecule has 0 fully saturated rings. The lowest BCUT2D eigenvalue weighted by molar-refractivity contribution is 0.305. The molecule has 4 nitrogen and oxygen atoms in total. The number of halogens is 2. The van der Waals surface area contributed by atoms with Crippen LogP contribution < -0.4 is 5.73 Å². The Morgan fingerprint density at radius 3 is 2.74 bits per heavy atom. The number of nitrogens with two attached hydrogens (primary N) is 1. The minimum atomic E-state index is -0.454. The lowest BCUT2D eigenvalue weighted by Crippen LogP contribution is -2.20. The van der Waals surface area contributed by atoms with Gasteiger partial charge >= 0.3 is 0 Å². The molecule has 2 N–H and O–H groups in total. The molecule has 1 heterocycles. The first-order valence-corrected chi connectivity index (χ1v) is 5.74. The molecule has 0 bridgehead atoms. The molecular weight excluding hydrogens is 250 g/mol. The number of benzene rings is 1. The highest BCUT2D eigenvalue weighted by molar-refractivity contribution is 5.25. The molecular formula is C13H14F2N4. The molecule has 0 radical (unpaired) electrons. The molecule has 0 amide bonds. The maximum absolute atomic E-state index is 13.5. The van der Waals surface area contributed by atoms with E-state index in [1.807, 2.05) is 0 Å². The Morgan fingerprint density at radius 2 is 2.00 bits per heavy atom. The summed E-state index contributed by atoms with van der Waals surface area (Å²) in [6, 6.07) is 5.00. The van der Waals surface area contributed by atoms with E-state index in [1.165, 1.54) is 6.07 Å². The van der Waals surface area contributed by atoms with E-state index in [-0.39, 0.29) is 6.54 Å². The fourth-order valence-corrected chi connectivity index (χ4v) is 1.74. The maximum Gasteiger partial charge on any atom is 0.144 e. The van der Waals surface area contributed by atoms with E-state index in [9.17, 15) is 8.78 Å². The van der Waals surface area contributed by atoms with E-state index in [0.29, 0.717) is 23.8 Å². The zero-order chi connectivity index (χ0) is 13.8. The van der Waals surface area contributed by atoms with Crippen molar-refractivity contribution >= 4 is 5.82 Å². The molecule has 2 rings (SSSR count). The summed E-state index contributed by atoms with van der Waals surface area (Å²) in [4.78, 5) is 9.90. The van der Waals surface area contributed by atoms with Gasteiger partial charge in [-0.05, 0) is 31.3 Å². The summed E-state index contributed by atoms with van der Waals surface area (Å²) in [5.74, 6) is 0.0430. The molecule has 0 spiro atoms. The van der Waals surface area contributed by atoms with Gasteiger partial charge in [0.15, 0.2) is 0 Å². The number of rotatable bonds is 4. The number of aromatic nitrogens is 2. The Morgan fingerprint density at radius 1 is 1.21 bits per heavy atom. The van der Waals surface area contributed by atoms with Crippen molar-refractivity contribution in [1.82, 2.24) is 14.9 Å². The Kier molecular flexibility index (Phi) is 4.01. The van der Waals surface area contributed by atoms with Crippen LogP contribution in [0.3, 0.4) is 0 Å². The third-order valence-corrected chi connectivity index (χ3v) is 2.59. The Labute approximate surface area is 109 Å². The van der Waals surface area contributed by atoms with E-state index in [2.05, 4.69) is 9.97 Å². The van der Waals surface area contributed by atoms with Gasteiger partial charge in [0.2, 0.25) is 0 Å². The first-order valence-electron chi connectivity index (χ1n) is 5.74. The van der Waals surface area contributed by atoms with E-state index < -0.39 is 11.6 Å². The number of hydrogen-bond acceptors (Lipinski definition) is 4. The summed E-state index contributed by atoms with van der Waals surface area (Å²) in [5, 5.41) is 0. The normalized spacial score (nSPS) is 10.9. The molecule has 19 heavy (non-hydrogen) atoms. The summed E-state index contributed by atoms with van der Waals surface area (Å²) in [5.41, 5.74) is 5.85. The van der Waals surface area contributed by atoms with Gasteiger partial charge in [0, 0.05) is 18.3 Å². The third-order valence-electron chi connectivity index (χ3n) is 2.59. The fourth-order valence-electron chi connectivity index (χ4n) is 1.74. The predicted octanol–water partition coefficient (Wildman–Crippen LogP) is 1.97. The molecule has 0 saturated heterocycles. The molecule has 1 aromatic heterocycles. The number of nitrogens with zero attached hydrogens (tertiary/aromatic N) is 3. The highest BCUT2D eigenvalue weighted by atomic mass is 19.1. The van der Waals surface area contributed by atoms with Crippen LogP contribution in [-0.2, 0) is 13.1 Å². The van der Waals surface area contributed by atoms with E-state index in [1.54, 1.807) is 24.2 Å². The van der Waals surface area contributed by atoms with Gasteiger partial charge in [-0.3, -0.25) is 4.90 Å². The van der Waals surface area contributed by atoms with Gasteiger partial charge < -0.3 is 5.73 Å². The highest BCUT2D eigenvalue weighted by Gasteiger charge is 2.09. The molecule has 0 aliphatic heterocycles. The summed E-state index contributed by atoms with van der Waals surface area (Å²) in [7, 11) is 1.77. The molecule has 0 aliphatic carbocycles. The number of hydrogen-bond donors (Lipinski definition) is 1. The zero-order valence-corrected chi connectivity index (χ0v) is 10.5. The number of anilines is 1. The van der Waals surface area contributed by atoms with Crippen LogP contribution in [0.4, 0.5) is 14.6 Å². The Hall–Kier alpha value is -2.08. The van der Waals surface area contributed by atoms with Crippen LogP contribution in [0.15, 0.2) is 30.5 Å². The first-order chi connectivity index (χ1) is 9.04. The minimum absolute atomic E-state index is 0.266. The summed E-state index contributed by atoms with van der Waals surface area (Å²) in [6.07, 6.45) is 1.56. The van der Waals surface area contributed by atoms with Crippen LogP contribution in [0.5, 0.6) is 0 Å². The molecule has 0 aliphatic rings. The quantitative estimate of drug-likeness (QED) is 0.917. The number of nitrogen functional groups attached to an aromatic ring is 1. The summed E-state index contributed by atoms with van der Waals surface area (Å²) < 4.78 is 26.5. The smallest absolute Gasteiger partial charge is 0.144 e. The van der Waals surface area contributed by atoms with Crippen LogP contribution in [-0.4, -0.2) is 21.9 Å². The lowest BCUT2D eigenvalue weighted by atomic mass is 10.2. The maximum atomic E-state index is 13.5. The van der Waals surface area contributed by atoms with Crippen molar-refractivity contribution in [3.05, 3.63) is 53.5 Å². The molecule has 2 aromatic rings. The average Bonchev–Trinajstić information content (AvgIpc) is 2.34. The van der Waals surface area contributed by atoms with Crippen molar-refractivity contribution in [2.45, 2.75) is 13.1 Å². The van der Waals surface area contributed by atoms with Crippen LogP contribution >= 0.6 is 0 Å². The topological polar surface area (TPSA) is 55.0 Å². The predicted molar refractivity (Wildman–Crippen MR) is 68.0 cm³/mol. The van der Waals surface area contributed by atoms with Crippen molar-refractivity contribution in [3.63, 3.8) is 0 Å². The highest BCUT2D eigenvalue weighted by Crippen LogP contribution is 2.12. The molecule has 1 aromatic carbocycles. The second kappa shape index (κ2) is 5.71. The van der Waals surface area contributed by atoms with Gasteiger partial charge in [-0.25, -0.2) is 18.7 Å². The van der Waals surface area contributed by atoms with E-state index >= 15 is 0 Å². The molecule has 0 saturated carbocycles. The van der Waals surface area contributed by atoms with E-state index in [4.69, 9.17) is 5.73 Å². The van der Waals surface area contributed by atoms with Crippen LogP contribution in [0, 0.1) is 11.6 Å². The van der Waals surface area contributed by atoms with Crippen molar-refractivity contribution in [2.24, 2.45) is 0 Å². The standard InChI is InChI=1S/C13H14F2N4/c1-19(8-13-17-5-4-12(16)18-13)7-9-6-10(14)2-3-11(9)15/h2-6H,7-8H2,1H3,(H2,16,17,18). The van der Waals surface area contributed by atoms with Crippen LogP contribution in [0.25, 0.3) is 0 Å². The summed E-state index contributed by atoms with van der Waals surface area (Å²) >= 11 is 0. The van der Waals surface area contributed by atoms with Crippen LogP contribution in [0.2, 0.25) is 0 Å². The second-order valence-electron chi connectivity index (χ2n) is 4.31. The lowest BCUT2D eigenvalue weighted by Gasteiger charge is -2.16. The molecule has 0 unspecified atom stereocenters. The van der Waals surface area contributed by atoms with Crippen molar-refractivity contribution in [2.75, 3.05) is 12.8 Å². The van der Waals surface area contributed by atoms with Gasteiger partial charge in [-0.1, -0.05) is 0 Å². The monoisotopic (exact) mass is 264 g/mol. The van der Waals surface area contributed by atoms with Gasteiger partial charge in [0.25, 0.3) is 0 Å². The van der Waals surface area contributed by atoms with Crippen molar-refractivity contribution < 1.29 is 8.78 Å². The van der Waals surface area contributed by atoms with E-state index in [0.717, 1.165) is 12.1 Å². The Bertz CT molecular complexity index is 574. The summed E-state index contributed by atoms with van der Waals surface area (Å²) in [6.45, 7) is 0.669.